The number of benzene rings is 2. The van der Waals surface area contributed by atoms with Crippen molar-refractivity contribution in [2.24, 2.45) is 0 Å². The fourth-order valence-corrected chi connectivity index (χ4v) is 2.31. The number of anilines is 1. The number of nitrogens with one attached hydrogen (secondary N) is 2. The van der Waals surface area contributed by atoms with E-state index in [1.165, 1.54) is 0 Å². The molecule has 0 aliphatic carbocycles. The highest BCUT2D eigenvalue weighted by molar-refractivity contribution is 6.32. The monoisotopic (exact) mass is 348 g/mol. The summed E-state index contributed by atoms with van der Waals surface area (Å²) < 4.78 is 10.8. The van der Waals surface area contributed by atoms with Crippen molar-refractivity contribution in [2.45, 2.75) is 13.0 Å². The molecule has 0 aliphatic rings. The number of para-hydroxylation sites is 3. The van der Waals surface area contributed by atoms with E-state index in [1.54, 1.807) is 19.2 Å². The molecule has 2 rings (SSSR count). The molecule has 5 nitrogen and oxygen atoms in total. The van der Waals surface area contributed by atoms with E-state index in [2.05, 4.69) is 10.6 Å². The van der Waals surface area contributed by atoms with Gasteiger partial charge in [-0.2, -0.15) is 0 Å². The zero-order valence-electron chi connectivity index (χ0n) is 13.7. The lowest BCUT2D eigenvalue weighted by Crippen LogP contribution is -2.39. The first kappa shape index (κ1) is 18.1. The van der Waals surface area contributed by atoms with Gasteiger partial charge in [-0.15, -0.1) is 0 Å². The highest BCUT2D eigenvalue weighted by Gasteiger charge is 2.10. The fraction of sp³-hybridized carbons (Fsp3) is 0.278. The SMILES string of the molecule is COCC(C)NC(=O)CNc1ccccc1Oc1ccccc1Cl. The lowest BCUT2D eigenvalue weighted by Gasteiger charge is -2.15. The summed E-state index contributed by atoms with van der Waals surface area (Å²) in [6.07, 6.45) is 0. The number of methoxy groups -OCH3 is 1. The maximum Gasteiger partial charge on any atom is 0.239 e. The zero-order valence-corrected chi connectivity index (χ0v) is 14.5. The third kappa shape index (κ3) is 5.44. The molecule has 2 N–H and O–H groups in total. The summed E-state index contributed by atoms with van der Waals surface area (Å²) in [6, 6.07) is 14.6. The molecule has 24 heavy (non-hydrogen) atoms. The minimum atomic E-state index is -0.118. The van der Waals surface area contributed by atoms with Gasteiger partial charge in [-0.1, -0.05) is 35.9 Å². The molecular weight excluding hydrogens is 328 g/mol. The van der Waals surface area contributed by atoms with Crippen LogP contribution in [-0.4, -0.2) is 32.2 Å². The standard InChI is InChI=1S/C18H21ClN2O3/c1-13(12-23-2)21-18(22)11-20-15-8-4-6-10-17(15)24-16-9-5-3-7-14(16)19/h3-10,13,20H,11-12H2,1-2H3,(H,21,22). The Labute approximate surface area is 146 Å². The molecule has 6 heteroatoms. The molecule has 2 aromatic rings. The van der Waals surface area contributed by atoms with E-state index in [-0.39, 0.29) is 18.5 Å². The van der Waals surface area contributed by atoms with Gasteiger partial charge in [0.2, 0.25) is 5.91 Å². The number of rotatable bonds is 8. The molecule has 0 spiro atoms. The van der Waals surface area contributed by atoms with Crippen LogP contribution in [0.1, 0.15) is 6.92 Å². The molecule has 0 bridgehead atoms. The van der Waals surface area contributed by atoms with Crippen LogP contribution in [-0.2, 0) is 9.53 Å². The summed E-state index contributed by atoms with van der Waals surface area (Å²) in [5.74, 6) is 1.04. The maximum absolute atomic E-state index is 11.9. The molecule has 0 aromatic heterocycles. The van der Waals surface area contributed by atoms with E-state index in [9.17, 15) is 4.79 Å². The molecule has 1 atom stereocenters. The minimum Gasteiger partial charge on any atom is -0.454 e. The van der Waals surface area contributed by atoms with Crippen LogP contribution < -0.4 is 15.4 Å². The molecule has 0 aliphatic heterocycles. The Kier molecular flexibility index (Phi) is 6.90. The summed E-state index contributed by atoms with van der Waals surface area (Å²) in [7, 11) is 1.60. The quantitative estimate of drug-likeness (QED) is 0.763. The summed E-state index contributed by atoms with van der Waals surface area (Å²) in [5.41, 5.74) is 0.715. The Morgan fingerprint density at radius 3 is 2.50 bits per heavy atom. The molecule has 0 saturated carbocycles. The first-order chi connectivity index (χ1) is 11.6. The predicted molar refractivity (Wildman–Crippen MR) is 95.9 cm³/mol. The van der Waals surface area contributed by atoms with Gasteiger partial charge in [0.05, 0.1) is 23.9 Å². The van der Waals surface area contributed by atoms with E-state index in [0.29, 0.717) is 28.8 Å². The average Bonchev–Trinajstić information content (AvgIpc) is 2.56. The first-order valence-electron chi connectivity index (χ1n) is 7.63. The molecule has 2 aromatic carbocycles. The van der Waals surface area contributed by atoms with Gasteiger partial charge in [0, 0.05) is 13.2 Å². The van der Waals surface area contributed by atoms with Gasteiger partial charge in [0.1, 0.15) is 5.75 Å². The van der Waals surface area contributed by atoms with E-state index >= 15 is 0 Å². The van der Waals surface area contributed by atoms with Gasteiger partial charge in [0.15, 0.2) is 5.75 Å². The topological polar surface area (TPSA) is 59.6 Å². The number of carbonyl (C=O) groups is 1. The number of halogens is 1. The van der Waals surface area contributed by atoms with Crippen molar-refractivity contribution in [3.8, 4) is 11.5 Å². The van der Waals surface area contributed by atoms with Gasteiger partial charge in [-0.25, -0.2) is 0 Å². The third-order valence-electron chi connectivity index (χ3n) is 3.21. The van der Waals surface area contributed by atoms with Gasteiger partial charge in [-0.3, -0.25) is 4.79 Å². The smallest absolute Gasteiger partial charge is 0.239 e. The first-order valence-corrected chi connectivity index (χ1v) is 8.01. The number of ether oxygens (including phenoxy) is 2. The van der Waals surface area contributed by atoms with Gasteiger partial charge in [-0.05, 0) is 31.2 Å². The third-order valence-corrected chi connectivity index (χ3v) is 3.52. The van der Waals surface area contributed by atoms with Crippen LogP contribution in [0, 0.1) is 0 Å². The van der Waals surface area contributed by atoms with Crippen molar-refractivity contribution < 1.29 is 14.3 Å². The molecule has 0 radical (unpaired) electrons. The summed E-state index contributed by atoms with van der Waals surface area (Å²) in [6.45, 7) is 2.49. The Hall–Kier alpha value is -2.24. The van der Waals surface area contributed by atoms with E-state index < -0.39 is 0 Å². The van der Waals surface area contributed by atoms with Crippen LogP contribution >= 0.6 is 11.6 Å². The lowest BCUT2D eigenvalue weighted by atomic mass is 10.2. The highest BCUT2D eigenvalue weighted by Crippen LogP contribution is 2.33. The highest BCUT2D eigenvalue weighted by atomic mass is 35.5. The van der Waals surface area contributed by atoms with Crippen molar-refractivity contribution in [1.82, 2.24) is 5.32 Å². The number of hydrogen-bond donors (Lipinski definition) is 2. The van der Waals surface area contributed by atoms with E-state index in [4.69, 9.17) is 21.1 Å². The minimum absolute atomic E-state index is 0.0427. The van der Waals surface area contributed by atoms with Gasteiger partial charge >= 0.3 is 0 Å². The number of hydrogen-bond acceptors (Lipinski definition) is 4. The average molecular weight is 349 g/mol. The molecule has 0 saturated heterocycles. The van der Waals surface area contributed by atoms with Gasteiger partial charge < -0.3 is 20.1 Å². The van der Waals surface area contributed by atoms with Crippen LogP contribution in [0.15, 0.2) is 48.5 Å². The Morgan fingerprint density at radius 2 is 1.79 bits per heavy atom. The van der Waals surface area contributed by atoms with Gasteiger partial charge in [0.25, 0.3) is 0 Å². The molecule has 1 amide bonds. The lowest BCUT2D eigenvalue weighted by molar-refractivity contribution is -0.120. The van der Waals surface area contributed by atoms with Crippen molar-refractivity contribution in [3.05, 3.63) is 53.6 Å². The second kappa shape index (κ2) is 9.15. The van der Waals surface area contributed by atoms with E-state index in [0.717, 1.165) is 0 Å². The van der Waals surface area contributed by atoms with Crippen molar-refractivity contribution in [3.63, 3.8) is 0 Å². The number of amides is 1. The second-order valence-corrected chi connectivity index (χ2v) is 5.71. The van der Waals surface area contributed by atoms with Crippen molar-refractivity contribution in [1.29, 1.82) is 0 Å². The molecule has 128 valence electrons. The Morgan fingerprint density at radius 1 is 1.12 bits per heavy atom. The van der Waals surface area contributed by atoms with Crippen LogP contribution in [0.25, 0.3) is 0 Å². The molecule has 0 fully saturated rings. The van der Waals surface area contributed by atoms with Crippen molar-refractivity contribution >= 4 is 23.2 Å². The number of carbonyl (C=O) groups excluding carboxylic acids is 1. The normalized spacial score (nSPS) is 11.6. The van der Waals surface area contributed by atoms with Crippen LogP contribution in [0.4, 0.5) is 5.69 Å². The zero-order chi connectivity index (χ0) is 17.4. The van der Waals surface area contributed by atoms with Crippen LogP contribution in [0.3, 0.4) is 0 Å². The molecule has 1 unspecified atom stereocenters. The molecular formula is C18H21ClN2O3. The van der Waals surface area contributed by atoms with Crippen LogP contribution in [0.5, 0.6) is 11.5 Å². The fourth-order valence-electron chi connectivity index (χ4n) is 2.14. The largest absolute Gasteiger partial charge is 0.454 e. The van der Waals surface area contributed by atoms with E-state index in [1.807, 2.05) is 43.3 Å². The van der Waals surface area contributed by atoms with Crippen LogP contribution in [0.2, 0.25) is 5.02 Å². The Balaban J connectivity index is 1.99. The summed E-state index contributed by atoms with van der Waals surface area (Å²) in [5, 5.41) is 6.45. The predicted octanol–water partition coefficient (Wildman–Crippen LogP) is 3.70. The molecule has 0 heterocycles. The maximum atomic E-state index is 11.9. The summed E-state index contributed by atoms with van der Waals surface area (Å²) in [4.78, 5) is 11.9. The summed E-state index contributed by atoms with van der Waals surface area (Å²) >= 11 is 6.12. The Bertz CT molecular complexity index is 679. The second-order valence-electron chi connectivity index (χ2n) is 5.31. The van der Waals surface area contributed by atoms with Crippen molar-refractivity contribution in [2.75, 3.05) is 25.6 Å².